The zero-order valence-corrected chi connectivity index (χ0v) is 14.3. The Morgan fingerprint density at radius 3 is 2.96 bits per heavy atom. The van der Waals surface area contributed by atoms with Gasteiger partial charge in [0.05, 0.1) is 35.7 Å². The number of fused-ring (bicyclic) bond motifs is 1. The molecule has 1 fully saturated rings. The van der Waals surface area contributed by atoms with Crippen LogP contribution in [0.3, 0.4) is 0 Å². The molecule has 0 spiro atoms. The van der Waals surface area contributed by atoms with E-state index in [1.165, 1.54) is 18.5 Å². The summed E-state index contributed by atoms with van der Waals surface area (Å²) in [5, 5.41) is 4.50. The first-order valence-corrected chi connectivity index (χ1v) is 8.47. The molecule has 7 heteroatoms. The van der Waals surface area contributed by atoms with Gasteiger partial charge in [0.2, 0.25) is 0 Å². The Morgan fingerprint density at radius 1 is 1.36 bits per heavy atom. The van der Waals surface area contributed by atoms with E-state index in [4.69, 9.17) is 0 Å². The summed E-state index contributed by atoms with van der Waals surface area (Å²) >= 11 is 0. The number of carbonyl (C=O) groups excluding carboxylic acids is 1. The Hall–Kier alpha value is -2.70. The first-order valence-electron chi connectivity index (χ1n) is 8.47. The second kappa shape index (κ2) is 5.98. The van der Waals surface area contributed by atoms with E-state index in [-0.39, 0.29) is 11.9 Å². The fourth-order valence-corrected chi connectivity index (χ4v) is 3.68. The van der Waals surface area contributed by atoms with Gasteiger partial charge in [-0.15, -0.1) is 0 Å². The normalized spacial score (nSPS) is 17.6. The first kappa shape index (κ1) is 15.8. The summed E-state index contributed by atoms with van der Waals surface area (Å²) < 4.78 is 15.8. The second-order valence-corrected chi connectivity index (χ2v) is 6.66. The number of aromatic nitrogens is 4. The van der Waals surface area contributed by atoms with E-state index in [9.17, 15) is 9.18 Å². The molecule has 1 aromatic carbocycles. The standard InChI is InChI=1S/C18H20FN5O/c1-11-6-12(2)24(22-11)9-14-4-3-5-23(14)18(25)15-7-13(19)8-16-17(15)21-10-20-16/h6-8,10,14H,3-5,9H2,1-2H3,(H,20,21)/t14-/m0/s1. The van der Waals surface area contributed by atoms with Gasteiger partial charge in [-0.25, -0.2) is 9.37 Å². The minimum Gasteiger partial charge on any atom is -0.344 e. The summed E-state index contributed by atoms with van der Waals surface area (Å²) in [7, 11) is 0. The molecule has 1 aliphatic heterocycles. The molecule has 2 aromatic heterocycles. The first-order chi connectivity index (χ1) is 12.0. The lowest BCUT2D eigenvalue weighted by atomic mass is 10.1. The number of aryl methyl sites for hydroxylation is 2. The minimum atomic E-state index is -0.436. The Balaban J connectivity index is 1.64. The molecule has 3 heterocycles. The smallest absolute Gasteiger partial charge is 0.256 e. The molecule has 130 valence electrons. The monoisotopic (exact) mass is 341 g/mol. The van der Waals surface area contributed by atoms with Crippen LogP contribution in [0.5, 0.6) is 0 Å². The molecule has 4 rings (SSSR count). The van der Waals surface area contributed by atoms with Crippen LogP contribution in [0.2, 0.25) is 0 Å². The predicted octanol–water partition coefficient (Wildman–Crippen LogP) is 2.82. The van der Waals surface area contributed by atoms with Crippen molar-refractivity contribution in [3.05, 3.63) is 47.3 Å². The number of likely N-dealkylation sites (tertiary alicyclic amines) is 1. The lowest BCUT2D eigenvalue weighted by Gasteiger charge is -2.25. The lowest BCUT2D eigenvalue weighted by molar-refractivity contribution is 0.0722. The number of carbonyl (C=O) groups is 1. The molecular formula is C18H20FN5O. The van der Waals surface area contributed by atoms with Gasteiger partial charge in [0.1, 0.15) is 11.3 Å². The molecule has 0 saturated carbocycles. The Labute approximate surface area is 144 Å². The van der Waals surface area contributed by atoms with Gasteiger partial charge >= 0.3 is 0 Å². The summed E-state index contributed by atoms with van der Waals surface area (Å²) in [4.78, 5) is 22.0. The quantitative estimate of drug-likeness (QED) is 0.796. The van der Waals surface area contributed by atoms with Crippen LogP contribution in [0.15, 0.2) is 24.5 Å². The number of halogens is 1. The summed E-state index contributed by atoms with van der Waals surface area (Å²) in [5.41, 5.74) is 3.42. The molecule has 1 aliphatic rings. The third kappa shape index (κ3) is 2.79. The van der Waals surface area contributed by atoms with Crippen molar-refractivity contribution in [2.75, 3.05) is 6.54 Å². The van der Waals surface area contributed by atoms with Crippen LogP contribution in [0, 0.1) is 19.7 Å². The molecule has 0 bridgehead atoms. The topological polar surface area (TPSA) is 66.8 Å². The van der Waals surface area contributed by atoms with E-state index < -0.39 is 5.82 Å². The number of amides is 1. The zero-order valence-electron chi connectivity index (χ0n) is 14.3. The fourth-order valence-electron chi connectivity index (χ4n) is 3.68. The summed E-state index contributed by atoms with van der Waals surface area (Å²) in [6.45, 7) is 5.30. The SMILES string of the molecule is Cc1cc(C)n(C[C@@H]2CCCN2C(=O)c2cc(F)cc3[nH]cnc23)n1. The Morgan fingerprint density at radius 2 is 2.20 bits per heavy atom. The third-order valence-electron chi connectivity index (χ3n) is 4.84. The van der Waals surface area contributed by atoms with E-state index in [1.807, 2.05) is 29.5 Å². The van der Waals surface area contributed by atoms with Gasteiger partial charge in [-0.05, 0) is 44.9 Å². The van der Waals surface area contributed by atoms with Crippen LogP contribution in [0.4, 0.5) is 4.39 Å². The largest absolute Gasteiger partial charge is 0.344 e. The number of H-pyrrole nitrogens is 1. The summed E-state index contributed by atoms with van der Waals surface area (Å²) in [6, 6.07) is 4.73. The second-order valence-electron chi connectivity index (χ2n) is 6.66. The van der Waals surface area contributed by atoms with Gasteiger partial charge in [-0.2, -0.15) is 5.10 Å². The number of aromatic amines is 1. The van der Waals surface area contributed by atoms with Crippen LogP contribution < -0.4 is 0 Å². The van der Waals surface area contributed by atoms with Crippen LogP contribution in [0.1, 0.15) is 34.6 Å². The molecule has 25 heavy (non-hydrogen) atoms. The van der Waals surface area contributed by atoms with E-state index >= 15 is 0 Å². The van der Waals surface area contributed by atoms with Gasteiger partial charge in [0.25, 0.3) is 5.91 Å². The highest BCUT2D eigenvalue weighted by Gasteiger charge is 2.31. The molecule has 0 unspecified atom stereocenters. The third-order valence-corrected chi connectivity index (χ3v) is 4.84. The number of benzene rings is 1. The predicted molar refractivity (Wildman–Crippen MR) is 91.8 cm³/mol. The van der Waals surface area contributed by atoms with Crippen molar-refractivity contribution in [2.24, 2.45) is 0 Å². The van der Waals surface area contributed by atoms with E-state index in [2.05, 4.69) is 15.1 Å². The molecule has 1 amide bonds. The van der Waals surface area contributed by atoms with Crippen LogP contribution >= 0.6 is 0 Å². The van der Waals surface area contributed by atoms with E-state index in [1.54, 1.807) is 0 Å². The van der Waals surface area contributed by atoms with Crippen LogP contribution in [-0.4, -0.2) is 43.1 Å². The highest BCUT2D eigenvalue weighted by atomic mass is 19.1. The number of hydrogen-bond acceptors (Lipinski definition) is 3. The van der Waals surface area contributed by atoms with Crippen molar-refractivity contribution >= 4 is 16.9 Å². The maximum absolute atomic E-state index is 13.9. The molecule has 3 aromatic rings. The fraction of sp³-hybridized carbons (Fsp3) is 0.389. The molecule has 0 aliphatic carbocycles. The van der Waals surface area contributed by atoms with Gasteiger partial charge in [0.15, 0.2) is 0 Å². The highest BCUT2D eigenvalue weighted by Crippen LogP contribution is 2.25. The molecule has 1 saturated heterocycles. The number of imidazole rings is 1. The Kier molecular flexibility index (Phi) is 3.78. The molecular weight excluding hydrogens is 321 g/mol. The van der Waals surface area contributed by atoms with Crippen molar-refractivity contribution in [3.63, 3.8) is 0 Å². The van der Waals surface area contributed by atoms with Crippen molar-refractivity contribution in [2.45, 2.75) is 39.3 Å². The molecule has 6 nitrogen and oxygen atoms in total. The molecule has 0 radical (unpaired) electrons. The average molecular weight is 341 g/mol. The zero-order chi connectivity index (χ0) is 17.6. The van der Waals surface area contributed by atoms with Crippen molar-refractivity contribution < 1.29 is 9.18 Å². The lowest BCUT2D eigenvalue weighted by Crippen LogP contribution is -2.38. The molecule has 1 atom stereocenters. The summed E-state index contributed by atoms with van der Waals surface area (Å²) in [6.07, 6.45) is 3.34. The maximum Gasteiger partial charge on any atom is 0.256 e. The van der Waals surface area contributed by atoms with E-state index in [0.717, 1.165) is 24.2 Å². The van der Waals surface area contributed by atoms with Crippen LogP contribution in [-0.2, 0) is 6.54 Å². The number of hydrogen-bond donors (Lipinski definition) is 1. The van der Waals surface area contributed by atoms with Crippen LogP contribution in [0.25, 0.3) is 11.0 Å². The van der Waals surface area contributed by atoms with Gasteiger partial charge in [0, 0.05) is 12.2 Å². The van der Waals surface area contributed by atoms with Gasteiger partial charge in [-0.1, -0.05) is 0 Å². The summed E-state index contributed by atoms with van der Waals surface area (Å²) in [5.74, 6) is -0.602. The number of nitrogens with one attached hydrogen (secondary N) is 1. The van der Waals surface area contributed by atoms with Crippen molar-refractivity contribution in [1.29, 1.82) is 0 Å². The highest BCUT2D eigenvalue weighted by molar-refractivity contribution is 6.05. The van der Waals surface area contributed by atoms with E-state index in [0.29, 0.717) is 29.7 Å². The van der Waals surface area contributed by atoms with Gasteiger partial charge < -0.3 is 9.88 Å². The van der Waals surface area contributed by atoms with Crippen molar-refractivity contribution in [3.8, 4) is 0 Å². The number of nitrogens with zero attached hydrogens (tertiary/aromatic N) is 4. The maximum atomic E-state index is 13.9. The van der Waals surface area contributed by atoms with Gasteiger partial charge in [-0.3, -0.25) is 9.48 Å². The average Bonchev–Trinajstić information content (AvgIpc) is 3.27. The number of rotatable bonds is 3. The Bertz CT molecular complexity index is 944. The van der Waals surface area contributed by atoms with Crippen molar-refractivity contribution in [1.82, 2.24) is 24.6 Å². The minimum absolute atomic E-state index is 0.0581. The molecule has 1 N–H and O–H groups in total.